The lowest BCUT2D eigenvalue weighted by atomic mass is 9.79. The number of alkyl halides is 2. The van der Waals surface area contributed by atoms with Crippen LogP contribution in [0, 0.1) is 5.92 Å². The maximum Gasteiger partial charge on any atom is 0.315 e. The van der Waals surface area contributed by atoms with E-state index in [2.05, 4.69) is 22.5 Å². The minimum absolute atomic E-state index is 0.113. The summed E-state index contributed by atoms with van der Waals surface area (Å²) in [6.07, 6.45) is -0.856. The van der Waals surface area contributed by atoms with Crippen molar-refractivity contribution >= 4 is 28.8 Å². The number of piperidine rings is 3. The number of halogens is 2. The molecule has 3 fully saturated rings. The molecule has 2 amide bonds. The summed E-state index contributed by atoms with van der Waals surface area (Å²) in [5.41, 5.74) is 0.212. The minimum Gasteiger partial charge on any atom is -0.447 e. The first-order valence-corrected chi connectivity index (χ1v) is 10.7. The van der Waals surface area contributed by atoms with E-state index < -0.39 is 12.3 Å². The van der Waals surface area contributed by atoms with Crippen molar-refractivity contribution in [1.82, 2.24) is 10.2 Å². The van der Waals surface area contributed by atoms with Gasteiger partial charge in [-0.15, -0.1) is 0 Å². The zero-order chi connectivity index (χ0) is 21.3. The number of thiophene rings is 1. The Bertz CT molecular complexity index is 926. The van der Waals surface area contributed by atoms with Gasteiger partial charge in [0.25, 0.3) is 11.8 Å². The number of nitrogens with one attached hydrogen (secondary N) is 2. The highest BCUT2D eigenvalue weighted by atomic mass is 32.1. The maximum atomic E-state index is 12.7. The second-order valence-corrected chi connectivity index (χ2v) is 8.70. The summed E-state index contributed by atoms with van der Waals surface area (Å²) in [5.74, 6) is -0.583. The van der Waals surface area contributed by atoms with Crippen LogP contribution in [0.15, 0.2) is 36.4 Å². The summed E-state index contributed by atoms with van der Waals surface area (Å²) >= 11 is 1.22. The minimum atomic E-state index is -3.09. The van der Waals surface area contributed by atoms with E-state index in [0.29, 0.717) is 27.6 Å². The summed E-state index contributed by atoms with van der Waals surface area (Å²) in [4.78, 5) is 26.9. The molecular formula is C21H23F2N3O3S. The molecular weight excluding hydrogens is 412 g/mol. The Morgan fingerprint density at radius 1 is 1.20 bits per heavy atom. The van der Waals surface area contributed by atoms with Crippen LogP contribution in [0.25, 0.3) is 0 Å². The lowest BCUT2D eigenvalue weighted by molar-refractivity contribution is -0.126. The second kappa shape index (κ2) is 8.69. The molecule has 2 aromatic rings. The molecule has 3 aliphatic rings. The van der Waals surface area contributed by atoms with Crippen LogP contribution in [0.3, 0.4) is 0 Å². The number of ether oxygens (including phenoxy) is 1. The number of hydrogen-bond donors (Lipinski definition) is 2. The van der Waals surface area contributed by atoms with Gasteiger partial charge in [-0.25, -0.2) is 0 Å². The fraction of sp³-hybridized carbons (Fsp3) is 0.429. The number of fused-ring (bicyclic) bond motifs is 3. The average Bonchev–Trinajstić information content (AvgIpc) is 3.19. The molecule has 9 heteroatoms. The van der Waals surface area contributed by atoms with Crippen molar-refractivity contribution in [2.75, 3.05) is 18.4 Å². The Labute approximate surface area is 177 Å². The van der Waals surface area contributed by atoms with Crippen LogP contribution in [-0.4, -0.2) is 48.3 Å². The number of hydrogen-bond acceptors (Lipinski definition) is 5. The van der Waals surface area contributed by atoms with Crippen molar-refractivity contribution in [1.29, 1.82) is 0 Å². The number of carbonyl (C=O) groups is 2. The molecule has 2 atom stereocenters. The van der Waals surface area contributed by atoms with Gasteiger partial charge in [-0.1, -0.05) is 17.4 Å². The van der Waals surface area contributed by atoms with Gasteiger partial charge < -0.3 is 15.4 Å². The quantitative estimate of drug-likeness (QED) is 0.721. The second-order valence-electron chi connectivity index (χ2n) is 7.65. The van der Waals surface area contributed by atoms with E-state index in [4.69, 9.17) is 4.74 Å². The highest BCUT2D eigenvalue weighted by Crippen LogP contribution is 2.34. The predicted molar refractivity (Wildman–Crippen MR) is 110 cm³/mol. The van der Waals surface area contributed by atoms with Gasteiger partial charge >= 0.3 is 6.43 Å². The van der Waals surface area contributed by atoms with Crippen molar-refractivity contribution in [2.45, 2.75) is 38.3 Å². The van der Waals surface area contributed by atoms with Crippen LogP contribution in [-0.2, 0) is 4.79 Å². The largest absolute Gasteiger partial charge is 0.447 e. The summed E-state index contributed by atoms with van der Waals surface area (Å²) in [7, 11) is 0. The summed E-state index contributed by atoms with van der Waals surface area (Å²) in [6.45, 7) is 4.37. The Morgan fingerprint density at radius 2 is 1.97 bits per heavy atom. The summed E-state index contributed by atoms with van der Waals surface area (Å²) < 4.78 is 30.5. The number of benzene rings is 1. The summed E-state index contributed by atoms with van der Waals surface area (Å²) in [5, 5.41) is 5.81. The van der Waals surface area contributed by atoms with Crippen molar-refractivity contribution in [3.63, 3.8) is 0 Å². The molecule has 3 saturated heterocycles. The Balaban J connectivity index is 1.38. The topological polar surface area (TPSA) is 70.7 Å². The van der Waals surface area contributed by atoms with E-state index in [1.807, 2.05) is 0 Å². The van der Waals surface area contributed by atoms with Crippen LogP contribution >= 0.6 is 11.3 Å². The lowest BCUT2D eigenvalue weighted by Crippen LogP contribution is -2.62. The molecule has 1 aromatic carbocycles. The molecule has 3 aliphatic heterocycles. The zero-order valence-corrected chi connectivity index (χ0v) is 17.3. The number of carbonyl (C=O) groups excluding carboxylic acids is 2. The molecule has 2 unspecified atom stereocenters. The van der Waals surface area contributed by atoms with E-state index >= 15 is 0 Å². The molecule has 0 saturated carbocycles. The van der Waals surface area contributed by atoms with Crippen molar-refractivity contribution < 1.29 is 23.1 Å². The first-order valence-electron chi connectivity index (χ1n) is 9.92. The first kappa shape index (κ1) is 20.7. The monoisotopic (exact) mass is 435 g/mol. The summed E-state index contributed by atoms with van der Waals surface area (Å²) in [6, 6.07) is 10.1. The molecule has 2 N–H and O–H groups in total. The molecule has 160 valence electrons. The molecule has 5 rings (SSSR count). The lowest BCUT2D eigenvalue weighted by Gasteiger charge is -2.49. The van der Waals surface area contributed by atoms with Gasteiger partial charge in [-0.2, -0.15) is 8.78 Å². The van der Waals surface area contributed by atoms with Crippen LogP contribution in [0.1, 0.15) is 29.4 Å². The molecule has 6 nitrogen and oxygen atoms in total. The van der Waals surface area contributed by atoms with Crippen molar-refractivity contribution in [2.24, 2.45) is 5.92 Å². The van der Waals surface area contributed by atoms with Gasteiger partial charge in [0.2, 0.25) is 0 Å². The van der Waals surface area contributed by atoms with Gasteiger partial charge in [0.05, 0.1) is 4.88 Å². The number of rotatable bonds is 6. The standard InChI is InChI=1S/C21H23F2N3O3S/c1-12-18(13-7-9-26(12)10-8-13)25-20(27)16-5-6-17(30-16)29-15-4-2-3-14(11-15)24-21(28)19(22)23/h2-6,11-13,18-19H,7-10H2,1H3,(H,24,28)(H,25,27). The van der Waals surface area contributed by atoms with E-state index in [-0.39, 0.29) is 17.6 Å². The predicted octanol–water partition coefficient (Wildman–Crippen LogP) is 3.96. The smallest absolute Gasteiger partial charge is 0.315 e. The fourth-order valence-electron chi connectivity index (χ4n) is 4.22. The SMILES string of the molecule is CC1C(NC(=O)c2ccc(Oc3cccc(NC(=O)C(F)F)c3)s2)C2CCN1CC2. The number of nitrogens with zero attached hydrogens (tertiary/aromatic N) is 1. The maximum absolute atomic E-state index is 12.7. The van der Waals surface area contributed by atoms with E-state index in [9.17, 15) is 18.4 Å². The van der Waals surface area contributed by atoms with Crippen molar-refractivity contribution in [3.05, 3.63) is 41.3 Å². The van der Waals surface area contributed by atoms with Crippen molar-refractivity contribution in [3.8, 4) is 10.8 Å². The van der Waals surface area contributed by atoms with Gasteiger partial charge in [0.1, 0.15) is 5.75 Å². The molecule has 0 radical (unpaired) electrons. The first-order chi connectivity index (χ1) is 14.4. The van der Waals surface area contributed by atoms with Crippen LogP contribution in [0.4, 0.5) is 14.5 Å². The Morgan fingerprint density at radius 3 is 2.67 bits per heavy atom. The Kier molecular flexibility index (Phi) is 6.01. The normalized spacial score (nSPS) is 25.2. The molecule has 2 bridgehead atoms. The van der Waals surface area contributed by atoms with Crippen LogP contribution < -0.4 is 15.4 Å². The highest BCUT2D eigenvalue weighted by molar-refractivity contribution is 7.15. The van der Waals surface area contributed by atoms with Gasteiger partial charge in [0.15, 0.2) is 5.06 Å². The van der Waals surface area contributed by atoms with Gasteiger partial charge in [-0.05, 0) is 63.0 Å². The molecule has 0 spiro atoms. The highest BCUT2D eigenvalue weighted by Gasteiger charge is 2.40. The molecule has 4 heterocycles. The zero-order valence-electron chi connectivity index (χ0n) is 16.4. The fourth-order valence-corrected chi connectivity index (χ4v) is 4.99. The third-order valence-electron chi connectivity index (χ3n) is 5.80. The molecule has 0 aliphatic carbocycles. The number of anilines is 1. The average molecular weight is 435 g/mol. The van der Waals surface area contributed by atoms with E-state index in [1.54, 1.807) is 24.3 Å². The van der Waals surface area contributed by atoms with Gasteiger partial charge in [0, 0.05) is 23.8 Å². The van der Waals surface area contributed by atoms with Crippen LogP contribution in [0.2, 0.25) is 0 Å². The van der Waals surface area contributed by atoms with Gasteiger partial charge in [-0.3, -0.25) is 14.5 Å². The molecule has 1 aromatic heterocycles. The van der Waals surface area contributed by atoms with E-state index in [1.165, 1.54) is 23.5 Å². The third-order valence-corrected chi connectivity index (χ3v) is 6.76. The third kappa shape index (κ3) is 4.46. The van der Waals surface area contributed by atoms with E-state index in [0.717, 1.165) is 25.9 Å². The number of amides is 2. The Hall–Kier alpha value is -2.52. The molecule has 30 heavy (non-hydrogen) atoms. The van der Waals surface area contributed by atoms with Crippen LogP contribution in [0.5, 0.6) is 10.8 Å².